The van der Waals surface area contributed by atoms with E-state index in [1.54, 1.807) is 25.4 Å². The molecule has 0 bridgehead atoms. The zero-order valence-electron chi connectivity index (χ0n) is 15.7. The quantitative estimate of drug-likeness (QED) is 0.240. The van der Waals surface area contributed by atoms with Crippen molar-refractivity contribution in [3.05, 3.63) is 52.7 Å². The Labute approximate surface area is 182 Å². The van der Waals surface area contributed by atoms with Gasteiger partial charge in [0.1, 0.15) is 12.3 Å². The Balaban J connectivity index is 0.00000364. The number of hydrogen-bond donors (Lipinski definition) is 2. The van der Waals surface area contributed by atoms with Crippen LogP contribution >= 0.6 is 35.3 Å². The highest BCUT2D eigenvalue weighted by molar-refractivity contribution is 14.0. The number of para-hydroxylation sites is 1. The van der Waals surface area contributed by atoms with Gasteiger partial charge in [0.15, 0.2) is 5.96 Å². The molecule has 1 heterocycles. The van der Waals surface area contributed by atoms with Crippen LogP contribution in [0, 0.1) is 0 Å². The van der Waals surface area contributed by atoms with Gasteiger partial charge >= 0.3 is 0 Å². The second-order valence-electron chi connectivity index (χ2n) is 5.83. The maximum absolute atomic E-state index is 11.8. The summed E-state index contributed by atoms with van der Waals surface area (Å²) in [4.78, 5) is 18.9. The molecule has 1 aromatic carbocycles. The zero-order chi connectivity index (χ0) is 18.6. The minimum Gasteiger partial charge on any atom is -0.494 e. The number of benzene rings is 1. The van der Waals surface area contributed by atoms with Gasteiger partial charge in [-0.2, -0.15) is 0 Å². The maximum Gasteiger partial charge on any atom is 0.243 e. The predicted octanol–water partition coefficient (Wildman–Crippen LogP) is 2.96. The van der Waals surface area contributed by atoms with Crippen LogP contribution in [-0.2, 0) is 11.3 Å². The first-order valence-electron chi connectivity index (χ1n) is 8.57. The van der Waals surface area contributed by atoms with Gasteiger partial charge in [-0.05, 0) is 30.0 Å². The van der Waals surface area contributed by atoms with Crippen LogP contribution in [0.1, 0.15) is 11.3 Å². The lowest BCUT2D eigenvalue weighted by Crippen LogP contribution is -2.38. The second-order valence-corrected chi connectivity index (χ2v) is 6.86. The normalized spacial score (nSPS) is 10.7. The second kappa shape index (κ2) is 13.4. The Kier molecular flexibility index (Phi) is 11.5. The summed E-state index contributed by atoms with van der Waals surface area (Å²) in [6.45, 7) is 2.12. The largest absolute Gasteiger partial charge is 0.494 e. The highest BCUT2D eigenvalue weighted by Crippen LogP contribution is 2.08. The summed E-state index contributed by atoms with van der Waals surface area (Å²) in [6.07, 6.45) is 0.830. The Morgan fingerprint density at radius 2 is 1.93 bits per heavy atom. The fourth-order valence-corrected chi connectivity index (χ4v) is 2.68. The number of halogens is 1. The number of likely N-dealkylation sites (N-methyl/N-ethyl adjacent to an activating group) is 1. The molecule has 1 amide bonds. The minimum atomic E-state index is -0.0327. The molecule has 0 atom stereocenters. The summed E-state index contributed by atoms with van der Waals surface area (Å²) in [7, 11) is 3.45. The van der Waals surface area contributed by atoms with E-state index in [9.17, 15) is 4.79 Å². The minimum absolute atomic E-state index is 0. The average molecular weight is 502 g/mol. The van der Waals surface area contributed by atoms with Gasteiger partial charge in [-0.3, -0.25) is 4.79 Å². The van der Waals surface area contributed by atoms with Gasteiger partial charge in [0, 0.05) is 25.5 Å². The maximum atomic E-state index is 11.8. The molecule has 1 aromatic heterocycles. The molecule has 0 saturated heterocycles. The van der Waals surface area contributed by atoms with Gasteiger partial charge in [0.2, 0.25) is 5.91 Å². The van der Waals surface area contributed by atoms with Crippen molar-refractivity contribution in [1.29, 1.82) is 0 Å². The molecule has 8 heteroatoms. The first kappa shape index (κ1) is 23.2. The van der Waals surface area contributed by atoms with Crippen molar-refractivity contribution in [1.82, 2.24) is 15.5 Å². The number of ether oxygens (including phenoxy) is 1. The third-order valence-electron chi connectivity index (χ3n) is 3.51. The first-order valence-corrected chi connectivity index (χ1v) is 9.45. The predicted molar refractivity (Wildman–Crippen MR) is 122 cm³/mol. The van der Waals surface area contributed by atoms with Crippen molar-refractivity contribution in [2.24, 2.45) is 4.99 Å². The fraction of sp³-hybridized carbons (Fsp3) is 0.368. The molecule has 0 unspecified atom stereocenters. The molecule has 2 aromatic rings. The van der Waals surface area contributed by atoms with Crippen LogP contribution in [0.15, 0.2) is 52.8 Å². The first-order chi connectivity index (χ1) is 12.6. The standard InChI is InChI=1S/C19H26N4O2S.HI/c1-23(2)18(24)15-22-19(21-14-17-10-6-13-26-17)20-11-7-12-25-16-8-4-3-5-9-16;/h3-6,8-10,13H,7,11-12,14-15H2,1-2H3,(H2,20,21,22);1H. The number of nitrogens with zero attached hydrogens (tertiary/aromatic N) is 2. The highest BCUT2D eigenvalue weighted by Gasteiger charge is 2.05. The van der Waals surface area contributed by atoms with Gasteiger partial charge < -0.3 is 20.3 Å². The number of hydrogen-bond acceptors (Lipinski definition) is 4. The number of carbonyl (C=O) groups is 1. The van der Waals surface area contributed by atoms with Crippen LogP contribution < -0.4 is 15.4 Å². The molecule has 0 fully saturated rings. The number of carbonyl (C=O) groups excluding carboxylic acids is 1. The monoisotopic (exact) mass is 502 g/mol. The van der Waals surface area contributed by atoms with E-state index in [4.69, 9.17) is 4.74 Å². The van der Waals surface area contributed by atoms with Crippen LogP contribution in [0.5, 0.6) is 5.75 Å². The van der Waals surface area contributed by atoms with Crippen molar-refractivity contribution >= 4 is 47.2 Å². The third kappa shape index (κ3) is 9.62. The third-order valence-corrected chi connectivity index (χ3v) is 4.38. The van der Waals surface area contributed by atoms with E-state index in [-0.39, 0.29) is 36.4 Å². The molecule has 2 rings (SSSR count). The average Bonchev–Trinajstić information content (AvgIpc) is 3.17. The summed E-state index contributed by atoms with van der Waals surface area (Å²) < 4.78 is 5.68. The van der Waals surface area contributed by atoms with E-state index >= 15 is 0 Å². The number of amides is 1. The Bertz CT molecular complexity index is 678. The molecule has 0 radical (unpaired) electrons. The fourth-order valence-electron chi connectivity index (χ4n) is 2.03. The van der Waals surface area contributed by atoms with Crippen LogP contribution in [0.3, 0.4) is 0 Å². The molecule has 148 valence electrons. The molecular weight excluding hydrogens is 475 g/mol. The molecule has 27 heavy (non-hydrogen) atoms. The SMILES string of the molecule is CN(C)C(=O)CN=C(NCCCOc1ccccc1)NCc1cccs1.I. The van der Waals surface area contributed by atoms with Crippen molar-refractivity contribution in [3.63, 3.8) is 0 Å². The summed E-state index contributed by atoms with van der Waals surface area (Å²) in [5.74, 6) is 1.47. The van der Waals surface area contributed by atoms with Crippen LogP contribution in [-0.4, -0.2) is 50.6 Å². The molecule has 2 N–H and O–H groups in total. The molecule has 0 aliphatic carbocycles. The molecule has 0 spiro atoms. The van der Waals surface area contributed by atoms with Crippen molar-refractivity contribution in [2.45, 2.75) is 13.0 Å². The number of thiophene rings is 1. The summed E-state index contributed by atoms with van der Waals surface area (Å²) in [6, 6.07) is 13.8. The Morgan fingerprint density at radius 1 is 1.15 bits per heavy atom. The number of aliphatic imine (C=N–C) groups is 1. The van der Waals surface area contributed by atoms with Crippen LogP contribution in [0.25, 0.3) is 0 Å². The van der Waals surface area contributed by atoms with Gasteiger partial charge in [-0.1, -0.05) is 24.3 Å². The Hall–Kier alpha value is -1.81. The Morgan fingerprint density at radius 3 is 2.59 bits per heavy atom. The van der Waals surface area contributed by atoms with E-state index in [1.165, 1.54) is 9.78 Å². The summed E-state index contributed by atoms with van der Waals surface area (Å²) >= 11 is 1.68. The van der Waals surface area contributed by atoms with E-state index in [2.05, 4.69) is 21.7 Å². The molecule has 6 nitrogen and oxygen atoms in total. The molecule has 0 aliphatic rings. The van der Waals surface area contributed by atoms with Gasteiger partial charge in [0.25, 0.3) is 0 Å². The van der Waals surface area contributed by atoms with Gasteiger partial charge in [-0.25, -0.2) is 4.99 Å². The van der Waals surface area contributed by atoms with Crippen molar-refractivity contribution in [3.8, 4) is 5.75 Å². The van der Waals surface area contributed by atoms with E-state index < -0.39 is 0 Å². The van der Waals surface area contributed by atoms with Gasteiger partial charge in [0.05, 0.1) is 13.2 Å². The lowest BCUT2D eigenvalue weighted by atomic mass is 10.3. The lowest BCUT2D eigenvalue weighted by Gasteiger charge is -2.13. The van der Waals surface area contributed by atoms with Crippen LogP contribution in [0.2, 0.25) is 0 Å². The molecule has 0 saturated carbocycles. The number of nitrogens with one attached hydrogen (secondary N) is 2. The van der Waals surface area contributed by atoms with E-state index in [1.807, 2.05) is 41.8 Å². The van der Waals surface area contributed by atoms with E-state index in [0.29, 0.717) is 25.7 Å². The molecule has 0 aliphatic heterocycles. The summed E-state index contributed by atoms with van der Waals surface area (Å²) in [5, 5.41) is 8.56. The number of guanidine groups is 1. The smallest absolute Gasteiger partial charge is 0.243 e. The number of rotatable bonds is 9. The topological polar surface area (TPSA) is 66.0 Å². The van der Waals surface area contributed by atoms with Crippen molar-refractivity contribution < 1.29 is 9.53 Å². The van der Waals surface area contributed by atoms with Crippen molar-refractivity contribution in [2.75, 3.05) is 33.8 Å². The molecular formula is C19H27IN4O2S. The van der Waals surface area contributed by atoms with E-state index in [0.717, 1.165) is 12.2 Å². The van der Waals surface area contributed by atoms with Gasteiger partial charge in [-0.15, -0.1) is 35.3 Å². The summed E-state index contributed by atoms with van der Waals surface area (Å²) in [5.41, 5.74) is 0. The lowest BCUT2D eigenvalue weighted by molar-refractivity contribution is -0.127. The highest BCUT2D eigenvalue weighted by atomic mass is 127. The van der Waals surface area contributed by atoms with Crippen LogP contribution in [0.4, 0.5) is 0 Å². The zero-order valence-corrected chi connectivity index (χ0v) is 18.8.